The molecule has 0 bridgehead atoms. The SMILES string of the molecule is CN=CC(=CN)Nc1ncc(Cl)c(NC2COC3C(NS(=O)(=O)NC4CCOC4)COC23)n1. The average molecular weight is 503 g/mol. The molecule has 6 N–H and O–H groups in total. The molecule has 4 heterocycles. The van der Waals surface area contributed by atoms with Crippen LogP contribution >= 0.6 is 11.6 Å². The molecule has 3 aliphatic rings. The monoisotopic (exact) mass is 502 g/mol. The average Bonchev–Trinajstić information content (AvgIpc) is 3.50. The van der Waals surface area contributed by atoms with Gasteiger partial charge >= 0.3 is 0 Å². The Bertz CT molecular complexity index is 1000. The van der Waals surface area contributed by atoms with Crippen molar-refractivity contribution in [3.8, 4) is 0 Å². The van der Waals surface area contributed by atoms with Crippen molar-refractivity contribution in [2.45, 2.75) is 36.8 Å². The number of allylic oxidation sites excluding steroid dienone is 1. The number of fused-ring (bicyclic) bond motifs is 1. The molecule has 15 heteroatoms. The standard InChI is InChI=1S/C18H27ClN8O5S/c1-21-5-11(4-20)23-18-22-6-12(19)17(25-18)24-13-8-31-16-14(9-32-15(13)16)27-33(28,29)26-10-2-3-30-7-10/h4-6,10,13-16,26-27H,2-3,7-9,20H2,1H3,(H2,22,23,24,25). The molecule has 4 rings (SSSR count). The van der Waals surface area contributed by atoms with E-state index in [0.717, 1.165) is 0 Å². The van der Waals surface area contributed by atoms with Crippen molar-refractivity contribution in [1.29, 1.82) is 0 Å². The van der Waals surface area contributed by atoms with Crippen LogP contribution in [0.25, 0.3) is 0 Å². The topological polar surface area (TPSA) is 174 Å². The maximum atomic E-state index is 12.5. The highest BCUT2D eigenvalue weighted by Gasteiger charge is 2.49. The van der Waals surface area contributed by atoms with Crippen LogP contribution in [-0.2, 0) is 24.4 Å². The van der Waals surface area contributed by atoms with Crippen molar-refractivity contribution >= 4 is 39.8 Å². The molecule has 0 aromatic carbocycles. The number of hydrogen-bond donors (Lipinski definition) is 5. The molecule has 5 atom stereocenters. The van der Waals surface area contributed by atoms with Crippen LogP contribution < -0.4 is 25.8 Å². The van der Waals surface area contributed by atoms with Gasteiger partial charge in [0.05, 0.1) is 43.8 Å². The quantitative estimate of drug-likeness (QED) is 0.269. The van der Waals surface area contributed by atoms with Gasteiger partial charge in [-0.15, -0.1) is 0 Å². The van der Waals surface area contributed by atoms with E-state index in [1.54, 1.807) is 7.05 Å². The van der Waals surface area contributed by atoms with E-state index >= 15 is 0 Å². The fraction of sp³-hybridized carbons (Fsp3) is 0.611. The number of ether oxygens (including phenoxy) is 3. The number of nitrogens with two attached hydrogens (primary N) is 1. The molecule has 3 fully saturated rings. The Hall–Kier alpha value is -2.07. The first kappa shape index (κ1) is 24.1. The number of nitrogens with one attached hydrogen (secondary N) is 4. The summed E-state index contributed by atoms with van der Waals surface area (Å²) in [7, 11) is -2.11. The Morgan fingerprint density at radius 2 is 2.00 bits per heavy atom. The summed E-state index contributed by atoms with van der Waals surface area (Å²) in [6.45, 7) is 1.37. The summed E-state index contributed by atoms with van der Waals surface area (Å²) in [5, 5.41) is 6.47. The van der Waals surface area contributed by atoms with Crippen molar-refractivity contribution in [1.82, 2.24) is 19.4 Å². The van der Waals surface area contributed by atoms with Gasteiger partial charge in [-0.2, -0.15) is 22.8 Å². The molecule has 0 radical (unpaired) electrons. The van der Waals surface area contributed by atoms with Gasteiger partial charge in [-0.1, -0.05) is 11.6 Å². The first-order valence-electron chi connectivity index (χ1n) is 10.4. The first-order valence-corrected chi connectivity index (χ1v) is 12.3. The lowest BCUT2D eigenvalue weighted by Gasteiger charge is -2.20. The number of halogens is 1. The van der Waals surface area contributed by atoms with E-state index in [0.29, 0.717) is 36.2 Å². The van der Waals surface area contributed by atoms with E-state index in [1.165, 1.54) is 18.6 Å². The van der Waals surface area contributed by atoms with E-state index in [2.05, 4.69) is 35.0 Å². The molecule has 0 spiro atoms. The summed E-state index contributed by atoms with van der Waals surface area (Å²) in [5.41, 5.74) is 6.08. The summed E-state index contributed by atoms with van der Waals surface area (Å²) in [6.07, 6.45) is 4.12. The zero-order valence-electron chi connectivity index (χ0n) is 17.9. The fourth-order valence-corrected chi connectivity index (χ4v) is 5.33. The van der Waals surface area contributed by atoms with E-state index in [4.69, 9.17) is 31.5 Å². The molecule has 0 aliphatic carbocycles. The highest BCUT2D eigenvalue weighted by atomic mass is 35.5. The van der Waals surface area contributed by atoms with Crippen LogP contribution in [0.15, 0.2) is 23.1 Å². The zero-order valence-corrected chi connectivity index (χ0v) is 19.5. The van der Waals surface area contributed by atoms with Crippen LogP contribution in [0.3, 0.4) is 0 Å². The first-order chi connectivity index (χ1) is 15.9. The van der Waals surface area contributed by atoms with Crippen molar-refractivity contribution in [2.75, 3.05) is 44.1 Å². The molecule has 1 aromatic rings. The molecule has 1 aromatic heterocycles. The number of hydrogen-bond acceptors (Lipinski definition) is 11. The molecule has 5 unspecified atom stereocenters. The van der Waals surface area contributed by atoms with E-state index in [-0.39, 0.29) is 37.3 Å². The van der Waals surface area contributed by atoms with Crippen LogP contribution in [0, 0.1) is 0 Å². The number of nitrogens with zero attached hydrogens (tertiary/aromatic N) is 3. The lowest BCUT2D eigenvalue weighted by atomic mass is 10.1. The predicted molar refractivity (Wildman–Crippen MR) is 122 cm³/mol. The van der Waals surface area contributed by atoms with Gasteiger partial charge in [0.15, 0.2) is 5.82 Å². The van der Waals surface area contributed by atoms with Gasteiger partial charge < -0.3 is 30.6 Å². The van der Waals surface area contributed by atoms with Gasteiger partial charge in [0.25, 0.3) is 10.2 Å². The lowest BCUT2D eigenvalue weighted by molar-refractivity contribution is 0.0690. The van der Waals surface area contributed by atoms with Gasteiger partial charge in [0.1, 0.15) is 17.2 Å². The van der Waals surface area contributed by atoms with Gasteiger partial charge in [0.2, 0.25) is 5.95 Å². The number of rotatable bonds is 9. The molecule has 33 heavy (non-hydrogen) atoms. The molecule has 0 amide bonds. The number of anilines is 2. The van der Waals surface area contributed by atoms with Crippen LogP contribution in [0.4, 0.5) is 11.8 Å². The van der Waals surface area contributed by atoms with E-state index < -0.39 is 22.4 Å². The maximum Gasteiger partial charge on any atom is 0.277 e. The van der Waals surface area contributed by atoms with Crippen LogP contribution in [0.1, 0.15) is 6.42 Å². The predicted octanol–water partition coefficient (Wildman–Crippen LogP) is -0.798. The van der Waals surface area contributed by atoms with Crippen molar-refractivity contribution in [2.24, 2.45) is 10.7 Å². The maximum absolute atomic E-state index is 12.5. The number of aliphatic imine (C=N–C) groups is 1. The minimum Gasteiger partial charge on any atom is -0.403 e. The van der Waals surface area contributed by atoms with Gasteiger partial charge in [-0.05, 0) is 6.42 Å². The lowest BCUT2D eigenvalue weighted by Crippen LogP contribution is -2.51. The summed E-state index contributed by atoms with van der Waals surface area (Å²) >= 11 is 6.27. The second kappa shape index (κ2) is 10.5. The summed E-state index contributed by atoms with van der Waals surface area (Å²) in [4.78, 5) is 12.4. The third-order valence-corrected chi connectivity index (χ3v) is 6.91. The minimum atomic E-state index is -3.73. The van der Waals surface area contributed by atoms with Crippen LogP contribution in [0.5, 0.6) is 0 Å². The molecule has 13 nitrogen and oxygen atoms in total. The molecule has 3 saturated heterocycles. The van der Waals surface area contributed by atoms with Crippen LogP contribution in [-0.4, -0.2) is 88.4 Å². The minimum absolute atomic E-state index is 0.181. The van der Waals surface area contributed by atoms with Crippen LogP contribution in [0.2, 0.25) is 5.02 Å². The third kappa shape index (κ3) is 5.90. The second-order valence-electron chi connectivity index (χ2n) is 7.78. The smallest absolute Gasteiger partial charge is 0.277 e. The Labute approximate surface area is 196 Å². The molecular formula is C18H27ClN8O5S. The van der Waals surface area contributed by atoms with Crippen molar-refractivity contribution in [3.05, 3.63) is 23.1 Å². The Balaban J connectivity index is 1.38. The Morgan fingerprint density at radius 1 is 1.24 bits per heavy atom. The zero-order chi connectivity index (χ0) is 23.4. The Kier molecular flexibility index (Phi) is 7.63. The Morgan fingerprint density at radius 3 is 2.70 bits per heavy atom. The normalized spacial score (nSPS) is 30.1. The molecular weight excluding hydrogens is 476 g/mol. The largest absolute Gasteiger partial charge is 0.403 e. The summed E-state index contributed by atoms with van der Waals surface area (Å²) < 4.78 is 47.1. The summed E-state index contributed by atoms with van der Waals surface area (Å²) in [6, 6.07) is -1.05. The fourth-order valence-electron chi connectivity index (χ4n) is 3.89. The van der Waals surface area contributed by atoms with Gasteiger partial charge in [-0.3, -0.25) is 4.99 Å². The van der Waals surface area contributed by atoms with Gasteiger partial charge in [0, 0.05) is 32.1 Å². The van der Waals surface area contributed by atoms with E-state index in [1.807, 2.05) is 0 Å². The third-order valence-electron chi connectivity index (χ3n) is 5.38. The molecule has 3 aliphatic heterocycles. The van der Waals surface area contributed by atoms with Crippen molar-refractivity contribution < 1.29 is 22.6 Å². The highest BCUT2D eigenvalue weighted by molar-refractivity contribution is 7.87. The summed E-state index contributed by atoms with van der Waals surface area (Å²) in [5.74, 6) is 0.651. The van der Waals surface area contributed by atoms with E-state index in [9.17, 15) is 8.42 Å². The molecule has 0 saturated carbocycles. The molecule has 182 valence electrons. The van der Waals surface area contributed by atoms with Crippen molar-refractivity contribution in [3.63, 3.8) is 0 Å². The number of aromatic nitrogens is 2. The van der Waals surface area contributed by atoms with Gasteiger partial charge in [-0.25, -0.2) is 4.98 Å². The second-order valence-corrected chi connectivity index (χ2v) is 9.66. The highest BCUT2D eigenvalue weighted by Crippen LogP contribution is 2.31.